The second-order valence-electron chi connectivity index (χ2n) is 6.75. The van der Waals surface area contributed by atoms with Crippen molar-refractivity contribution >= 4 is 35.0 Å². The Hall–Kier alpha value is -1.53. The highest BCUT2D eigenvalue weighted by Crippen LogP contribution is 2.36. The summed E-state index contributed by atoms with van der Waals surface area (Å²) in [6.45, 7) is 5.94. The van der Waals surface area contributed by atoms with E-state index in [1.165, 1.54) is 48.5 Å². The monoisotopic (exact) mass is 395 g/mol. The lowest BCUT2D eigenvalue weighted by molar-refractivity contribution is -0.115. The third-order valence-electron chi connectivity index (χ3n) is 4.88. The van der Waals surface area contributed by atoms with E-state index in [0.717, 1.165) is 23.7 Å². The van der Waals surface area contributed by atoms with Crippen LogP contribution in [0.4, 0.5) is 10.1 Å². The van der Waals surface area contributed by atoms with Gasteiger partial charge in [-0.2, -0.15) is 0 Å². The van der Waals surface area contributed by atoms with Crippen LogP contribution in [0.25, 0.3) is 0 Å². The van der Waals surface area contributed by atoms with Crippen molar-refractivity contribution in [1.29, 1.82) is 0 Å². The summed E-state index contributed by atoms with van der Waals surface area (Å²) < 4.78 is 15.4. The molecule has 1 aliphatic rings. The van der Waals surface area contributed by atoms with Crippen molar-refractivity contribution in [3.8, 4) is 0 Å². The molecule has 1 fully saturated rings. The molecule has 1 saturated carbocycles. The lowest BCUT2D eigenvalue weighted by atomic mass is 10.2. The molecule has 2 aromatic rings. The van der Waals surface area contributed by atoms with Gasteiger partial charge in [-0.05, 0) is 51.8 Å². The lowest BCUT2D eigenvalue weighted by Crippen LogP contribution is -2.23. The Morgan fingerprint density at radius 2 is 2.08 bits per heavy atom. The van der Waals surface area contributed by atoms with Crippen molar-refractivity contribution in [2.75, 3.05) is 5.32 Å². The minimum atomic E-state index is -0.431. The van der Waals surface area contributed by atoms with Gasteiger partial charge in [0, 0.05) is 11.7 Å². The molecule has 140 valence electrons. The number of hydrogen-bond donors (Lipinski definition) is 1. The second kappa shape index (κ2) is 8.01. The van der Waals surface area contributed by atoms with Crippen LogP contribution in [0.5, 0.6) is 0 Å². The smallest absolute Gasteiger partial charge is 0.237 e. The van der Waals surface area contributed by atoms with E-state index >= 15 is 0 Å². The molecule has 26 heavy (non-hydrogen) atoms. The molecule has 0 radical (unpaired) electrons. The predicted octanol–water partition coefficient (Wildman–Crippen LogP) is 5.53. The number of rotatable bonds is 5. The predicted molar refractivity (Wildman–Crippen MR) is 105 cm³/mol. The van der Waals surface area contributed by atoms with Crippen LogP contribution in [-0.2, 0) is 4.79 Å². The van der Waals surface area contributed by atoms with Gasteiger partial charge in [-0.1, -0.05) is 36.2 Å². The van der Waals surface area contributed by atoms with Crippen LogP contribution in [0.3, 0.4) is 0 Å². The van der Waals surface area contributed by atoms with E-state index in [-0.39, 0.29) is 16.2 Å². The van der Waals surface area contributed by atoms with E-state index < -0.39 is 5.82 Å². The van der Waals surface area contributed by atoms with Gasteiger partial charge in [0.2, 0.25) is 5.91 Å². The number of carbonyl (C=O) groups excluding carboxylic acids is 1. The van der Waals surface area contributed by atoms with Gasteiger partial charge < -0.3 is 9.88 Å². The zero-order valence-corrected chi connectivity index (χ0v) is 16.8. The van der Waals surface area contributed by atoms with E-state index in [2.05, 4.69) is 21.8 Å². The summed E-state index contributed by atoms with van der Waals surface area (Å²) in [5.74, 6) is -0.611. The molecule has 0 spiro atoms. The molecular weight excluding hydrogens is 373 g/mol. The summed E-state index contributed by atoms with van der Waals surface area (Å²) in [4.78, 5) is 17.2. The van der Waals surface area contributed by atoms with Gasteiger partial charge in [-0.25, -0.2) is 9.37 Å². The van der Waals surface area contributed by atoms with Gasteiger partial charge in [-0.3, -0.25) is 4.79 Å². The number of anilines is 1. The van der Waals surface area contributed by atoms with Crippen molar-refractivity contribution in [3.63, 3.8) is 0 Å². The molecule has 1 aromatic carbocycles. The lowest BCUT2D eigenvalue weighted by Gasteiger charge is -2.19. The summed E-state index contributed by atoms with van der Waals surface area (Å²) in [5.41, 5.74) is 2.60. The van der Waals surface area contributed by atoms with Gasteiger partial charge in [0.1, 0.15) is 5.82 Å². The molecule has 0 bridgehead atoms. The number of thioether (sulfide) groups is 1. The molecule has 1 heterocycles. The summed E-state index contributed by atoms with van der Waals surface area (Å²) >= 11 is 7.45. The fourth-order valence-electron chi connectivity index (χ4n) is 3.31. The van der Waals surface area contributed by atoms with Crippen LogP contribution < -0.4 is 5.32 Å². The number of aromatic nitrogens is 2. The topological polar surface area (TPSA) is 46.9 Å². The first kappa shape index (κ1) is 19.2. The number of carbonyl (C=O) groups is 1. The Morgan fingerprint density at radius 3 is 2.73 bits per heavy atom. The first-order valence-electron chi connectivity index (χ1n) is 8.85. The first-order valence-corrected chi connectivity index (χ1v) is 10.1. The molecule has 4 nitrogen and oxygen atoms in total. The molecule has 1 atom stereocenters. The van der Waals surface area contributed by atoms with Gasteiger partial charge in [0.25, 0.3) is 0 Å². The number of benzene rings is 1. The summed E-state index contributed by atoms with van der Waals surface area (Å²) in [6.07, 6.45) is 4.81. The number of imidazole rings is 1. The number of nitrogens with one attached hydrogen (secondary N) is 1. The van der Waals surface area contributed by atoms with Gasteiger partial charge >= 0.3 is 0 Å². The first-order chi connectivity index (χ1) is 12.4. The Labute approximate surface area is 162 Å². The molecule has 1 N–H and O–H groups in total. The van der Waals surface area contributed by atoms with E-state index in [1.807, 2.05) is 13.8 Å². The third-order valence-corrected chi connectivity index (χ3v) is 6.26. The quantitative estimate of drug-likeness (QED) is 0.677. The van der Waals surface area contributed by atoms with Crippen LogP contribution in [-0.4, -0.2) is 20.7 Å². The maximum absolute atomic E-state index is 13.2. The average molecular weight is 396 g/mol. The summed E-state index contributed by atoms with van der Waals surface area (Å²) in [7, 11) is 0. The molecule has 1 aromatic heterocycles. The highest BCUT2D eigenvalue weighted by atomic mass is 35.5. The SMILES string of the molecule is Cc1nc(S[C@@H](C)C(=O)Nc2ccc(F)cc2Cl)n(C2CCCC2)c1C. The number of halogens is 2. The molecule has 7 heteroatoms. The van der Waals surface area contributed by atoms with E-state index in [1.54, 1.807) is 0 Å². The molecule has 0 saturated heterocycles. The highest BCUT2D eigenvalue weighted by Gasteiger charge is 2.26. The van der Waals surface area contributed by atoms with Crippen molar-refractivity contribution in [2.24, 2.45) is 0 Å². The van der Waals surface area contributed by atoms with Crippen LogP contribution in [0.2, 0.25) is 5.02 Å². The summed E-state index contributed by atoms with van der Waals surface area (Å²) in [5, 5.41) is 3.50. The molecule has 3 rings (SSSR count). The number of hydrogen-bond acceptors (Lipinski definition) is 3. The van der Waals surface area contributed by atoms with Crippen LogP contribution in [0.15, 0.2) is 23.4 Å². The second-order valence-corrected chi connectivity index (χ2v) is 8.46. The average Bonchev–Trinajstić information content (AvgIpc) is 3.19. The van der Waals surface area contributed by atoms with E-state index in [9.17, 15) is 9.18 Å². The fourth-order valence-corrected chi connectivity index (χ4v) is 4.59. The molecule has 0 unspecified atom stereocenters. The van der Waals surface area contributed by atoms with Crippen LogP contribution >= 0.6 is 23.4 Å². The molecule has 1 aliphatic carbocycles. The standard InChI is InChI=1S/C19H23ClFN3OS/c1-11-12(2)24(15-6-4-5-7-15)19(22-11)26-13(3)18(25)23-17-9-8-14(21)10-16(17)20/h8-10,13,15H,4-7H2,1-3H3,(H,23,25)/t13-/m0/s1. The number of nitrogens with zero attached hydrogens (tertiary/aromatic N) is 2. The zero-order valence-electron chi connectivity index (χ0n) is 15.2. The molecule has 1 amide bonds. The Kier molecular flexibility index (Phi) is 5.92. The third kappa shape index (κ3) is 4.07. The fraction of sp³-hybridized carbons (Fsp3) is 0.474. The maximum Gasteiger partial charge on any atom is 0.237 e. The van der Waals surface area contributed by atoms with Crippen molar-refractivity contribution < 1.29 is 9.18 Å². The number of aryl methyl sites for hydroxylation is 1. The van der Waals surface area contributed by atoms with E-state index in [0.29, 0.717) is 11.7 Å². The molecule has 0 aliphatic heterocycles. The van der Waals surface area contributed by atoms with Crippen LogP contribution in [0.1, 0.15) is 50.0 Å². The van der Waals surface area contributed by atoms with Gasteiger partial charge in [0.05, 0.1) is 21.7 Å². The van der Waals surface area contributed by atoms with Crippen molar-refractivity contribution in [2.45, 2.75) is 62.9 Å². The maximum atomic E-state index is 13.2. The minimum Gasteiger partial charge on any atom is -0.324 e. The van der Waals surface area contributed by atoms with Gasteiger partial charge in [-0.15, -0.1) is 0 Å². The highest BCUT2D eigenvalue weighted by molar-refractivity contribution is 8.00. The Morgan fingerprint density at radius 1 is 1.38 bits per heavy atom. The van der Waals surface area contributed by atoms with Crippen LogP contribution in [0, 0.1) is 19.7 Å². The minimum absolute atomic E-state index is 0.181. The van der Waals surface area contributed by atoms with Crippen molar-refractivity contribution in [3.05, 3.63) is 40.4 Å². The normalized spacial score (nSPS) is 16.0. The Bertz CT molecular complexity index is 817. The largest absolute Gasteiger partial charge is 0.324 e. The zero-order chi connectivity index (χ0) is 18.8. The molecular formula is C19H23ClFN3OS. The van der Waals surface area contributed by atoms with E-state index in [4.69, 9.17) is 11.6 Å². The van der Waals surface area contributed by atoms with Crippen molar-refractivity contribution in [1.82, 2.24) is 9.55 Å². The number of amides is 1. The van der Waals surface area contributed by atoms with Gasteiger partial charge in [0.15, 0.2) is 5.16 Å². The summed E-state index contributed by atoms with van der Waals surface area (Å²) in [6, 6.07) is 4.41. The Balaban J connectivity index is 1.74.